The van der Waals surface area contributed by atoms with Gasteiger partial charge in [-0.1, -0.05) is 13.8 Å². The van der Waals surface area contributed by atoms with E-state index in [9.17, 15) is 9.59 Å². The maximum Gasteiger partial charge on any atom is 0.322 e. The zero-order valence-electron chi connectivity index (χ0n) is 8.13. The molecule has 0 heterocycles. The summed E-state index contributed by atoms with van der Waals surface area (Å²) in [5.41, 5.74) is 0. The first-order chi connectivity index (χ1) is 5.99. The molecule has 0 saturated heterocycles. The molecule has 0 aliphatic heterocycles. The van der Waals surface area contributed by atoms with Gasteiger partial charge in [-0.05, 0) is 13.0 Å². The van der Waals surface area contributed by atoms with Crippen molar-refractivity contribution in [1.29, 1.82) is 0 Å². The lowest BCUT2D eigenvalue weighted by molar-refractivity contribution is -0.138. The molecule has 76 valence electrons. The third kappa shape index (κ3) is 4.47. The normalized spacial score (nSPS) is 12.6. The Kier molecular flexibility index (Phi) is 5.06. The van der Waals surface area contributed by atoms with Crippen molar-refractivity contribution in [2.75, 3.05) is 13.6 Å². The number of carboxylic acids is 1. The Labute approximate surface area is 77.5 Å². The van der Waals surface area contributed by atoms with Crippen molar-refractivity contribution in [3.05, 3.63) is 0 Å². The average molecular weight is 188 g/mol. The number of nitrogens with one attached hydrogen (secondary N) is 2. The molecule has 0 aromatic carbocycles. The van der Waals surface area contributed by atoms with Gasteiger partial charge < -0.3 is 15.7 Å². The smallest absolute Gasteiger partial charge is 0.322 e. The van der Waals surface area contributed by atoms with Crippen LogP contribution in [0.25, 0.3) is 0 Å². The van der Waals surface area contributed by atoms with Gasteiger partial charge in [0.15, 0.2) is 0 Å². The number of likely N-dealkylation sites (N-methyl/N-ethyl adjacent to an activating group) is 1. The Morgan fingerprint density at radius 2 is 1.92 bits per heavy atom. The van der Waals surface area contributed by atoms with Gasteiger partial charge in [0.05, 0.1) is 6.04 Å². The number of rotatable bonds is 5. The fourth-order valence-corrected chi connectivity index (χ4v) is 1.04. The lowest BCUT2D eigenvalue weighted by Crippen LogP contribution is -2.47. The van der Waals surface area contributed by atoms with E-state index < -0.39 is 5.97 Å². The van der Waals surface area contributed by atoms with E-state index in [1.165, 1.54) is 0 Å². The van der Waals surface area contributed by atoms with E-state index in [0.717, 1.165) is 0 Å². The second-order valence-electron chi connectivity index (χ2n) is 3.12. The number of hydrogen-bond donors (Lipinski definition) is 3. The molecule has 1 atom stereocenters. The molecule has 0 aliphatic rings. The Morgan fingerprint density at radius 1 is 1.38 bits per heavy atom. The number of carboxylic acid groups (broad SMARTS) is 1. The van der Waals surface area contributed by atoms with Crippen LogP contribution in [0.3, 0.4) is 0 Å². The summed E-state index contributed by atoms with van der Waals surface area (Å²) >= 11 is 0. The van der Waals surface area contributed by atoms with E-state index in [1.807, 2.05) is 13.8 Å². The molecule has 0 unspecified atom stereocenters. The Balaban J connectivity index is 3.99. The van der Waals surface area contributed by atoms with Crippen LogP contribution in [0.5, 0.6) is 0 Å². The van der Waals surface area contributed by atoms with E-state index in [2.05, 4.69) is 10.6 Å². The zero-order valence-corrected chi connectivity index (χ0v) is 8.13. The Hall–Kier alpha value is -1.10. The quantitative estimate of drug-likeness (QED) is 0.540. The minimum atomic E-state index is -1.04. The first-order valence-corrected chi connectivity index (χ1v) is 4.15. The van der Waals surface area contributed by atoms with Crippen molar-refractivity contribution in [2.24, 2.45) is 5.92 Å². The molecule has 0 radical (unpaired) electrons. The largest absolute Gasteiger partial charge is 0.480 e. The predicted octanol–water partition coefficient (Wildman–Crippen LogP) is -0.569. The highest BCUT2D eigenvalue weighted by Gasteiger charge is 2.19. The molecule has 0 aromatic rings. The van der Waals surface area contributed by atoms with Crippen molar-refractivity contribution in [1.82, 2.24) is 10.6 Å². The maximum absolute atomic E-state index is 11.3. The van der Waals surface area contributed by atoms with Gasteiger partial charge in [0.1, 0.15) is 6.54 Å². The fourth-order valence-electron chi connectivity index (χ4n) is 1.04. The standard InChI is InChI=1S/C8H16N2O3/c1-5(2)7(9-3)8(13)10-4-6(11)12/h5,7,9H,4H2,1-3H3,(H,10,13)(H,11,12)/t7-/m1/s1. The zero-order chi connectivity index (χ0) is 10.4. The second-order valence-corrected chi connectivity index (χ2v) is 3.12. The van der Waals surface area contributed by atoms with Crippen molar-refractivity contribution in [3.8, 4) is 0 Å². The Bertz CT molecular complexity index is 192. The van der Waals surface area contributed by atoms with Crippen LogP contribution in [-0.4, -0.2) is 36.6 Å². The van der Waals surface area contributed by atoms with Gasteiger partial charge in [0, 0.05) is 0 Å². The summed E-state index contributed by atoms with van der Waals surface area (Å²) in [4.78, 5) is 21.4. The van der Waals surface area contributed by atoms with Crippen molar-refractivity contribution < 1.29 is 14.7 Å². The number of carbonyl (C=O) groups excluding carboxylic acids is 1. The molecule has 1 amide bonds. The van der Waals surface area contributed by atoms with Gasteiger partial charge in [0.2, 0.25) is 5.91 Å². The lowest BCUT2D eigenvalue weighted by atomic mass is 10.0. The monoisotopic (exact) mass is 188 g/mol. The van der Waals surface area contributed by atoms with E-state index in [-0.39, 0.29) is 24.4 Å². The topological polar surface area (TPSA) is 78.4 Å². The molecular weight excluding hydrogens is 172 g/mol. The summed E-state index contributed by atoms with van der Waals surface area (Å²) in [6.07, 6.45) is 0. The minimum absolute atomic E-state index is 0.138. The van der Waals surface area contributed by atoms with Crippen molar-refractivity contribution >= 4 is 11.9 Å². The number of hydrogen-bond acceptors (Lipinski definition) is 3. The van der Waals surface area contributed by atoms with Crippen molar-refractivity contribution in [3.63, 3.8) is 0 Å². The van der Waals surface area contributed by atoms with Crippen LogP contribution in [0.1, 0.15) is 13.8 Å². The SMILES string of the molecule is CN[C@@H](C(=O)NCC(=O)O)C(C)C. The average Bonchev–Trinajstić information content (AvgIpc) is 2.01. The first kappa shape index (κ1) is 11.9. The molecule has 5 heteroatoms. The summed E-state index contributed by atoms with van der Waals surface area (Å²) in [7, 11) is 1.67. The summed E-state index contributed by atoms with van der Waals surface area (Å²) in [6.45, 7) is 3.45. The first-order valence-electron chi connectivity index (χ1n) is 4.15. The van der Waals surface area contributed by atoms with Crippen LogP contribution in [0, 0.1) is 5.92 Å². The van der Waals surface area contributed by atoms with Crippen LogP contribution < -0.4 is 10.6 Å². The van der Waals surface area contributed by atoms with E-state index in [1.54, 1.807) is 7.05 Å². The van der Waals surface area contributed by atoms with Crippen LogP contribution in [0.4, 0.5) is 0 Å². The summed E-state index contributed by atoms with van der Waals surface area (Å²) in [5.74, 6) is -1.18. The molecule has 3 N–H and O–H groups in total. The summed E-state index contributed by atoms with van der Waals surface area (Å²) in [5, 5.41) is 13.5. The van der Waals surface area contributed by atoms with Crippen LogP contribution in [-0.2, 0) is 9.59 Å². The molecule has 0 bridgehead atoms. The van der Waals surface area contributed by atoms with Gasteiger partial charge in [-0.15, -0.1) is 0 Å². The molecule has 0 rings (SSSR count). The highest BCUT2D eigenvalue weighted by molar-refractivity contribution is 5.85. The van der Waals surface area contributed by atoms with Gasteiger partial charge in [0.25, 0.3) is 0 Å². The van der Waals surface area contributed by atoms with E-state index in [0.29, 0.717) is 0 Å². The van der Waals surface area contributed by atoms with E-state index >= 15 is 0 Å². The number of aliphatic carboxylic acids is 1. The van der Waals surface area contributed by atoms with Gasteiger partial charge in [-0.2, -0.15) is 0 Å². The van der Waals surface area contributed by atoms with Gasteiger partial charge in [-0.3, -0.25) is 9.59 Å². The molecule has 0 aromatic heterocycles. The molecule has 0 saturated carbocycles. The summed E-state index contributed by atoms with van der Waals surface area (Å²) in [6, 6.07) is -0.334. The molecule has 13 heavy (non-hydrogen) atoms. The lowest BCUT2D eigenvalue weighted by Gasteiger charge is -2.18. The van der Waals surface area contributed by atoms with Crippen molar-refractivity contribution in [2.45, 2.75) is 19.9 Å². The summed E-state index contributed by atoms with van der Waals surface area (Å²) < 4.78 is 0. The van der Waals surface area contributed by atoms with Crippen LogP contribution in [0.2, 0.25) is 0 Å². The third-order valence-corrected chi connectivity index (χ3v) is 1.67. The highest BCUT2D eigenvalue weighted by atomic mass is 16.4. The third-order valence-electron chi connectivity index (χ3n) is 1.67. The molecular formula is C8H16N2O3. The van der Waals surface area contributed by atoms with Crippen LogP contribution in [0.15, 0.2) is 0 Å². The number of carbonyl (C=O) groups is 2. The second kappa shape index (κ2) is 5.53. The van der Waals surface area contributed by atoms with E-state index in [4.69, 9.17) is 5.11 Å². The Morgan fingerprint density at radius 3 is 2.23 bits per heavy atom. The molecule has 0 fully saturated rings. The van der Waals surface area contributed by atoms with Crippen LogP contribution >= 0.6 is 0 Å². The number of amides is 1. The van der Waals surface area contributed by atoms with Gasteiger partial charge in [-0.25, -0.2) is 0 Å². The van der Waals surface area contributed by atoms with Gasteiger partial charge >= 0.3 is 5.97 Å². The molecule has 0 aliphatic carbocycles. The minimum Gasteiger partial charge on any atom is -0.480 e. The highest BCUT2D eigenvalue weighted by Crippen LogP contribution is 1.99. The maximum atomic E-state index is 11.3. The molecule has 5 nitrogen and oxygen atoms in total. The molecule has 0 spiro atoms. The fraction of sp³-hybridized carbons (Fsp3) is 0.750. The predicted molar refractivity (Wildman–Crippen MR) is 48.3 cm³/mol.